The van der Waals surface area contributed by atoms with Crippen LogP contribution in [0.15, 0.2) is 23.9 Å². The molecule has 16 heavy (non-hydrogen) atoms. The highest BCUT2D eigenvalue weighted by atomic mass is 32.2. The summed E-state index contributed by atoms with van der Waals surface area (Å²) in [6.45, 7) is 3.33. The number of urea groups is 1. The van der Waals surface area contributed by atoms with Crippen LogP contribution in [0.2, 0.25) is 0 Å². The summed E-state index contributed by atoms with van der Waals surface area (Å²) >= 11 is 0. The quantitative estimate of drug-likeness (QED) is 0.748. The number of carbonyl (C=O) groups is 1. The fraction of sp³-hybridized carbons (Fsp3) is 0.250. The van der Waals surface area contributed by atoms with Crippen LogP contribution in [0.3, 0.4) is 0 Å². The summed E-state index contributed by atoms with van der Waals surface area (Å²) in [5, 5.41) is 6.11. The highest BCUT2D eigenvalue weighted by Gasteiger charge is 2.38. The fourth-order valence-electron chi connectivity index (χ4n) is 1.43. The van der Waals surface area contributed by atoms with Crippen molar-refractivity contribution in [2.24, 2.45) is 7.05 Å². The van der Waals surface area contributed by atoms with Crippen molar-refractivity contribution in [2.45, 2.75) is 5.03 Å². The average Bonchev–Trinajstić information content (AvgIpc) is 2.54. The van der Waals surface area contributed by atoms with E-state index in [1.54, 1.807) is 7.05 Å². The topological polar surface area (TPSA) is 84.3 Å². The van der Waals surface area contributed by atoms with Crippen LogP contribution in [0.5, 0.6) is 0 Å². The van der Waals surface area contributed by atoms with Crippen LogP contribution >= 0.6 is 0 Å². The van der Waals surface area contributed by atoms with Gasteiger partial charge in [-0.3, -0.25) is 4.68 Å². The summed E-state index contributed by atoms with van der Waals surface area (Å²) in [6, 6.07) is -0.694. The Morgan fingerprint density at radius 2 is 2.31 bits per heavy atom. The first-order valence-electron chi connectivity index (χ1n) is 4.45. The van der Waals surface area contributed by atoms with Crippen molar-refractivity contribution >= 4 is 21.7 Å². The Labute approximate surface area is 92.4 Å². The van der Waals surface area contributed by atoms with Crippen molar-refractivity contribution in [2.75, 3.05) is 11.9 Å². The van der Waals surface area contributed by atoms with Gasteiger partial charge in [-0.05, 0) is 0 Å². The second-order valence-corrected chi connectivity index (χ2v) is 5.05. The predicted octanol–water partition coefficient (Wildman–Crippen LogP) is 0.142. The first-order chi connectivity index (χ1) is 7.46. The van der Waals surface area contributed by atoms with E-state index in [4.69, 9.17) is 0 Å². The molecule has 0 saturated carbocycles. The molecule has 1 N–H and O–H groups in total. The number of hydrogen-bond acceptors (Lipinski definition) is 4. The maximum absolute atomic E-state index is 12.0. The zero-order valence-corrected chi connectivity index (χ0v) is 9.36. The Morgan fingerprint density at radius 3 is 2.94 bits per heavy atom. The Balaban J connectivity index is 2.59. The maximum Gasteiger partial charge on any atom is 0.336 e. The van der Waals surface area contributed by atoms with Crippen molar-refractivity contribution in [3.8, 4) is 0 Å². The summed E-state index contributed by atoms with van der Waals surface area (Å²) in [6.07, 6.45) is 2.78. The normalized spacial score (nSPS) is 17.8. The smallest absolute Gasteiger partial charge is 0.303 e. The molecule has 2 heterocycles. The number of anilines is 1. The zero-order valence-electron chi connectivity index (χ0n) is 8.54. The molecular weight excluding hydrogens is 232 g/mol. The van der Waals surface area contributed by atoms with E-state index in [0.29, 0.717) is 4.31 Å². The number of sulfonamides is 1. The van der Waals surface area contributed by atoms with Crippen molar-refractivity contribution in [3.05, 3.63) is 18.9 Å². The number of carbonyl (C=O) groups excluding carboxylic acids is 1. The largest absolute Gasteiger partial charge is 0.336 e. The van der Waals surface area contributed by atoms with E-state index in [2.05, 4.69) is 17.0 Å². The lowest BCUT2D eigenvalue weighted by atomic mass is 10.5. The van der Waals surface area contributed by atoms with Gasteiger partial charge in [-0.25, -0.2) is 9.10 Å². The van der Waals surface area contributed by atoms with Gasteiger partial charge in [0.25, 0.3) is 10.0 Å². The van der Waals surface area contributed by atoms with Gasteiger partial charge >= 0.3 is 6.03 Å². The Kier molecular flexibility index (Phi) is 2.23. The predicted molar refractivity (Wildman–Crippen MR) is 56.3 cm³/mol. The summed E-state index contributed by atoms with van der Waals surface area (Å²) in [7, 11) is -2.27. The van der Waals surface area contributed by atoms with Crippen LogP contribution in [0.25, 0.3) is 0 Å². The minimum absolute atomic E-state index is 0.0792. The molecule has 1 aliphatic heterocycles. The standard InChI is InChI=1S/C8H10N4O3S/c1-3-4-12-8(13)9-6-5-11(2)10-7(6)16(12,14)15/h3,5H,1,4H2,2H3,(H,9,13). The number of fused-ring (bicyclic) bond motifs is 1. The number of hydrogen-bond donors (Lipinski definition) is 1. The highest BCUT2D eigenvalue weighted by molar-refractivity contribution is 7.89. The summed E-state index contributed by atoms with van der Waals surface area (Å²) in [4.78, 5) is 11.5. The van der Waals surface area contributed by atoms with Gasteiger partial charge in [0.15, 0.2) is 0 Å². The molecule has 0 aromatic carbocycles. The monoisotopic (exact) mass is 242 g/mol. The average molecular weight is 242 g/mol. The maximum atomic E-state index is 12.0. The first-order valence-corrected chi connectivity index (χ1v) is 5.89. The van der Waals surface area contributed by atoms with Crippen molar-refractivity contribution in [3.63, 3.8) is 0 Å². The molecule has 7 nitrogen and oxygen atoms in total. The van der Waals surface area contributed by atoms with Crippen LogP contribution in [0, 0.1) is 0 Å². The van der Waals surface area contributed by atoms with Gasteiger partial charge in [-0.1, -0.05) is 6.08 Å². The molecule has 0 aliphatic carbocycles. The van der Waals surface area contributed by atoms with Crippen LogP contribution in [-0.2, 0) is 17.1 Å². The molecule has 2 amide bonds. The first kappa shape index (κ1) is 10.7. The van der Waals surface area contributed by atoms with Gasteiger partial charge in [0.1, 0.15) is 5.69 Å². The van der Waals surface area contributed by atoms with Gasteiger partial charge in [0.2, 0.25) is 5.03 Å². The third-order valence-electron chi connectivity index (χ3n) is 2.09. The minimum atomic E-state index is -3.86. The number of nitrogens with one attached hydrogen (secondary N) is 1. The summed E-state index contributed by atoms with van der Waals surface area (Å²) < 4.78 is 25.9. The third kappa shape index (κ3) is 1.38. The molecule has 1 aromatic rings. The molecule has 0 fully saturated rings. The second kappa shape index (κ2) is 3.34. The van der Waals surface area contributed by atoms with E-state index in [1.165, 1.54) is 17.0 Å². The molecule has 0 atom stereocenters. The van der Waals surface area contributed by atoms with Crippen molar-refractivity contribution in [1.82, 2.24) is 14.1 Å². The number of nitrogens with zero attached hydrogens (tertiary/aromatic N) is 3. The van der Waals surface area contributed by atoms with E-state index in [1.807, 2.05) is 0 Å². The van der Waals surface area contributed by atoms with Crippen LogP contribution in [0.4, 0.5) is 10.5 Å². The number of aromatic nitrogens is 2. The van der Waals surface area contributed by atoms with Gasteiger partial charge in [-0.2, -0.15) is 13.5 Å². The molecule has 1 aliphatic rings. The third-order valence-corrected chi connectivity index (χ3v) is 3.78. The molecule has 1 aromatic heterocycles. The zero-order chi connectivity index (χ0) is 11.9. The molecule has 8 heteroatoms. The van der Waals surface area contributed by atoms with E-state index in [0.717, 1.165) is 0 Å². The molecular formula is C8H10N4O3S. The van der Waals surface area contributed by atoms with E-state index in [9.17, 15) is 13.2 Å². The number of amides is 2. The molecule has 0 spiro atoms. The fourth-order valence-corrected chi connectivity index (χ4v) is 2.82. The Morgan fingerprint density at radius 1 is 1.62 bits per heavy atom. The van der Waals surface area contributed by atoms with Gasteiger partial charge in [0.05, 0.1) is 6.54 Å². The SMILES string of the molecule is C=CCN1C(=O)Nc2cn(C)nc2S1(=O)=O. The summed E-state index contributed by atoms with van der Waals surface area (Å²) in [5.41, 5.74) is 0.202. The number of rotatable bonds is 2. The van der Waals surface area contributed by atoms with Gasteiger partial charge in [-0.15, -0.1) is 6.58 Å². The van der Waals surface area contributed by atoms with Crippen LogP contribution in [-0.4, -0.2) is 35.1 Å². The highest BCUT2D eigenvalue weighted by Crippen LogP contribution is 2.27. The molecule has 0 radical (unpaired) electrons. The lowest BCUT2D eigenvalue weighted by molar-refractivity contribution is 0.237. The van der Waals surface area contributed by atoms with E-state index >= 15 is 0 Å². The number of aryl methyl sites for hydroxylation is 1. The molecule has 0 unspecified atom stereocenters. The van der Waals surface area contributed by atoms with Crippen molar-refractivity contribution in [1.29, 1.82) is 0 Å². The van der Waals surface area contributed by atoms with Gasteiger partial charge in [0, 0.05) is 13.2 Å². The molecule has 2 rings (SSSR count). The molecule has 0 bridgehead atoms. The Bertz CT molecular complexity index is 560. The van der Waals surface area contributed by atoms with E-state index < -0.39 is 16.1 Å². The lowest BCUT2D eigenvalue weighted by Crippen LogP contribution is -2.43. The minimum Gasteiger partial charge on any atom is -0.303 e. The van der Waals surface area contributed by atoms with Crippen LogP contribution < -0.4 is 5.32 Å². The lowest BCUT2D eigenvalue weighted by Gasteiger charge is -2.24. The second-order valence-electron chi connectivity index (χ2n) is 3.28. The van der Waals surface area contributed by atoms with Crippen molar-refractivity contribution < 1.29 is 13.2 Å². The Hall–Kier alpha value is -1.83. The molecule has 0 saturated heterocycles. The summed E-state index contributed by atoms with van der Waals surface area (Å²) in [5.74, 6) is 0. The van der Waals surface area contributed by atoms with E-state index in [-0.39, 0.29) is 17.3 Å². The van der Waals surface area contributed by atoms with Crippen LogP contribution in [0.1, 0.15) is 0 Å². The molecule has 86 valence electrons. The van der Waals surface area contributed by atoms with Gasteiger partial charge < -0.3 is 5.32 Å².